The average Bonchev–Trinajstić information content (AvgIpc) is 3.72. The molecule has 5 atom stereocenters. The number of rotatable bonds is 7. The number of halogens is 2. The number of carbonyl (C=O) groups is 5. The highest BCUT2D eigenvalue weighted by Gasteiger charge is 2.50. The van der Waals surface area contributed by atoms with Crippen molar-refractivity contribution in [2.45, 2.75) is 69.0 Å². The lowest BCUT2D eigenvalue weighted by molar-refractivity contribution is -0.145. The van der Waals surface area contributed by atoms with Crippen LogP contribution < -0.4 is 10.6 Å². The summed E-state index contributed by atoms with van der Waals surface area (Å²) in [5, 5.41) is 5.74. The van der Waals surface area contributed by atoms with Gasteiger partial charge >= 0.3 is 13.3 Å². The van der Waals surface area contributed by atoms with Gasteiger partial charge in [0.05, 0.1) is 17.0 Å². The summed E-state index contributed by atoms with van der Waals surface area (Å²) in [5.74, 6) is -2.17. The van der Waals surface area contributed by atoms with Crippen LogP contribution in [0.25, 0.3) is 10.1 Å². The van der Waals surface area contributed by atoms with Crippen molar-refractivity contribution in [2.75, 3.05) is 33.3 Å². The number of hydrogen-bond donors (Lipinski definition) is 4. The van der Waals surface area contributed by atoms with E-state index in [0.29, 0.717) is 30.5 Å². The van der Waals surface area contributed by atoms with Gasteiger partial charge in [0, 0.05) is 63.4 Å². The Bertz CT molecular complexity index is 1650. The fourth-order valence-corrected chi connectivity index (χ4v) is 7.87. The van der Waals surface area contributed by atoms with Gasteiger partial charge < -0.3 is 39.9 Å². The molecule has 0 spiro atoms. The van der Waals surface area contributed by atoms with Crippen molar-refractivity contribution in [3.63, 3.8) is 0 Å². The summed E-state index contributed by atoms with van der Waals surface area (Å²) in [7, 11) is -4.32. The first-order valence-electron chi connectivity index (χ1n) is 15.0. The molecule has 47 heavy (non-hydrogen) atoms. The molecule has 5 rings (SSSR count). The molecule has 1 aromatic carbocycles. The van der Waals surface area contributed by atoms with Crippen LogP contribution in [0.4, 0.5) is 8.78 Å². The molecule has 3 aliphatic rings. The van der Waals surface area contributed by atoms with Crippen LogP contribution in [0.2, 0.25) is 0 Å². The van der Waals surface area contributed by atoms with Gasteiger partial charge in [0.2, 0.25) is 23.6 Å². The zero-order valence-electron chi connectivity index (χ0n) is 25.9. The molecule has 3 fully saturated rings. The van der Waals surface area contributed by atoms with E-state index in [1.165, 1.54) is 42.9 Å². The van der Waals surface area contributed by atoms with Gasteiger partial charge in [0.25, 0.3) is 5.91 Å². The predicted molar refractivity (Wildman–Crippen MR) is 165 cm³/mol. The van der Waals surface area contributed by atoms with Gasteiger partial charge in [-0.25, -0.2) is 0 Å². The minimum atomic E-state index is -5.81. The first-order chi connectivity index (χ1) is 22.0. The molecule has 256 valence electrons. The van der Waals surface area contributed by atoms with Crippen molar-refractivity contribution in [3.05, 3.63) is 34.7 Å². The number of alkyl halides is 2. The van der Waals surface area contributed by atoms with Crippen molar-refractivity contribution in [1.82, 2.24) is 25.3 Å². The summed E-state index contributed by atoms with van der Waals surface area (Å²) >= 11 is 0.925. The van der Waals surface area contributed by atoms with Crippen molar-refractivity contribution in [3.8, 4) is 0 Å². The second-order valence-corrected chi connectivity index (χ2v) is 14.8. The number of carbonyl (C=O) groups excluding carboxylic acids is 5. The highest BCUT2D eigenvalue weighted by Crippen LogP contribution is 2.59. The Balaban J connectivity index is 1.37. The third-order valence-corrected chi connectivity index (χ3v) is 11.1. The summed E-state index contributed by atoms with van der Waals surface area (Å²) in [4.78, 5) is 88.3. The normalized spacial score (nSPS) is 25.4. The van der Waals surface area contributed by atoms with E-state index in [9.17, 15) is 37.3 Å². The van der Waals surface area contributed by atoms with Crippen LogP contribution in [-0.4, -0.2) is 118 Å². The Hall–Kier alpha value is -3.50. The van der Waals surface area contributed by atoms with Gasteiger partial charge in [0.1, 0.15) is 12.1 Å². The second kappa shape index (κ2) is 13.2. The summed E-state index contributed by atoms with van der Waals surface area (Å²) in [6, 6.07) is 1.30. The van der Waals surface area contributed by atoms with E-state index < -0.39 is 60.8 Å². The SMILES string of the molecule is CO[C@H]1CN(C(C)=O)C[C@@H]1NC(=O)[C@@H]1CC[C@@H]2CCN(C(C)=O)C[C@H](NC(=O)c3cc4cc(C(F)(F)P(=O)(O)O)ccc4s3)C(=O)N21. The lowest BCUT2D eigenvalue weighted by Gasteiger charge is -2.38. The molecule has 4 heterocycles. The third-order valence-electron chi connectivity index (χ3n) is 9.04. The van der Waals surface area contributed by atoms with Crippen LogP contribution in [0.3, 0.4) is 0 Å². The van der Waals surface area contributed by atoms with Gasteiger partial charge in [-0.15, -0.1) is 11.3 Å². The largest absolute Gasteiger partial charge is 0.399 e. The van der Waals surface area contributed by atoms with E-state index in [4.69, 9.17) is 14.5 Å². The molecule has 3 aliphatic heterocycles. The average molecular weight is 700 g/mol. The lowest BCUT2D eigenvalue weighted by atomic mass is 10.1. The molecule has 0 bridgehead atoms. The topological polar surface area (TPSA) is 186 Å². The maximum absolute atomic E-state index is 14.3. The van der Waals surface area contributed by atoms with Gasteiger partial charge in [-0.2, -0.15) is 8.78 Å². The van der Waals surface area contributed by atoms with Gasteiger partial charge in [-0.3, -0.25) is 28.5 Å². The molecule has 4 N–H and O–H groups in total. The molecule has 0 unspecified atom stereocenters. The summed E-state index contributed by atoms with van der Waals surface area (Å²) in [6.45, 7) is 3.46. The van der Waals surface area contributed by atoms with Gasteiger partial charge in [-0.1, -0.05) is 6.07 Å². The number of likely N-dealkylation sites (tertiary alicyclic amines) is 1. The van der Waals surface area contributed by atoms with Gasteiger partial charge in [-0.05, 0) is 42.8 Å². The quantitative estimate of drug-likeness (QED) is 0.308. The van der Waals surface area contributed by atoms with Crippen LogP contribution in [0, 0.1) is 0 Å². The Morgan fingerprint density at radius 1 is 1.00 bits per heavy atom. The summed E-state index contributed by atoms with van der Waals surface area (Å²) in [6.07, 6.45) is 0.837. The number of nitrogens with zero attached hydrogens (tertiary/aromatic N) is 3. The Labute approximate surface area is 272 Å². The molecule has 18 heteroatoms. The third kappa shape index (κ3) is 6.90. The maximum atomic E-state index is 14.3. The van der Waals surface area contributed by atoms with E-state index in [0.717, 1.165) is 23.5 Å². The highest BCUT2D eigenvalue weighted by molar-refractivity contribution is 7.52. The van der Waals surface area contributed by atoms with Crippen molar-refractivity contribution in [1.29, 1.82) is 0 Å². The molecule has 3 saturated heterocycles. The molecule has 1 aromatic heterocycles. The second-order valence-electron chi connectivity index (χ2n) is 12.0. The van der Waals surface area contributed by atoms with E-state index >= 15 is 0 Å². The van der Waals surface area contributed by atoms with Crippen LogP contribution in [0.5, 0.6) is 0 Å². The minimum absolute atomic E-state index is 0.0370. The molecule has 0 aliphatic carbocycles. The van der Waals surface area contributed by atoms with Crippen LogP contribution in [0.1, 0.15) is 48.3 Å². The predicted octanol–water partition coefficient (Wildman–Crippen LogP) is 1.20. The molecule has 2 aromatic rings. The Morgan fingerprint density at radius 3 is 2.34 bits per heavy atom. The molecule has 14 nitrogen and oxygen atoms in total. The van der Waals surface area contributed by atoms with Crippen LogP contribution in [-0.2, 0) is 34.1 Å². The number of fused-ring (bicyclic) bond motifs is 2. The zero-order chi connectivity index (χ0) is 34.4. The molecule has 5 amide bonds. The fraction of sp³-hybridized carbons (Fsp3) is 0.552. The number of hydrogen-bond acceptors (Lipinski definition) is 8. The monoisotopic (exact) mass is 699 g/mol. The molecule has 0 saturated carbocycles. The number of nitrogens with one attached hydrogen (secondary N) is 2. The van der Waals surface area contributed by atoms with Crippen LogP contribution >= 0.6 is 18.9 Å². The first-order valence-corrected chi connectivity index (χ1v) is 17.4. The number of thiophene rings is 1. The smallest absolute Gasteiger partial charge is 0.377 e. The van der Waals surface area contributed by atoms with E-state index in [2.05, 4.69) is 10.6 Å². The van der Waals surface area contributed by atoms with Crippen molar-refractivity contribution >= 4 is 58.6 Å². The van der Waals surface area contributed by atoms with E-state index in [1.54, 1.807) is 4.90 Å². The standard InChI is InChI=1S/C29H36F2N5O9PS/c1-15(37)34-9-8-19-5-6-22(26(39)32-20-12-35(16(2)38)14-23(20)45-3)36(19)28(41)21(13-34)33-27(40)25-11-17-10-18(4-7-24(17)47-25)29(30,31)46(42,43)44/h4,7,10-11,19-23H,5-6,8-9,12-14H2,1-3H3,(H,32,39)(H,33,40)(H2,42,43,44)/t19-,20+,21+,22+,23+/m1/s1. The number of ether oxygens (including phenoxy) is 1. The minimum Gasteiger partial charge on any atom is -0.377 e. The van der Waals surface area contributed by atoms with E-state index in [-0.39, 0.29) is 47.8 Å². The van der Waals surface area contributed by atoms with Gasteiger partial charge in [0.15, 0.2) is 0 Å². The Kier molecular flexibility index (Phi) is 9.77. The zero-order valence-corrected chi connectivity index (χ0v) is 27.6. The summed E-state index contributed by atoms with van der Waals surface area (Å²) in [5.41, 5.74) is -5.35. The summed E-state index contributed by atoms with van der Waals surface area (Å²) < 4.78 is 45.8. The first kappa shape index (κ1) is 34.8. The molecular weight excluding hydrogens is 663 g/mol. The number of benzene rings is 1. The maximum Gasteiger partial charge on any atom is 0.399 e. The molecule has 0 radical (unpaired) electrons. The molecular formula is C29H36F2N5O9PS. The lowest BCUT2D eigenvalue weighted by Crippen LogP contribution is -2.61. The number of methoxy groups -OCH3 is 1. The van der Waals surface area contributed by atoms with Crippen molar-refractivity contribution in [2.24, 2.45) is 0 Å². The number of amides is 5. The van der Waals surface area contributed by atoms with E-state index in [1.807, 2.05) is 0 Å². The van der Waals surface area contributed by atoms with Crippen LogP contribution in [0.15, 0.2) is 24.3 Å². The fourth-order valence-electron chi connectivity index (χ4n) is 6.45. The Morgan fingerprint density at radius 2 is 1.70 bits per heavy atom. The highest BCUT2D eigenvalue weighted by atomic mass is 32.1. The van der Waals surface area contributed by atoms with Crippen molar-refractivity contribution < 1.29 is 51.8 Å².